The Hall–Kier alpha value is -1.86. The average molecular weight is 269 g/mol. The second kappa shape index (κ2) is 7.55. The van der Waals surface area contributed by atoms with Gasteiger partial charge in [0.2, 0.25) is 0 Å². The highest BCUT2D eigenvalue weighted by molar-refractivity contribution is 5.68. The third-order valence-electron chi connectivity index (χ3n) is 2.53. The zero-order chi connectivity index (χ0) is 14.3. The van der Waals surface area contributed by atoms with Crippen LogP contribution in [-0.4, -0.2) is 40.9 Å². The molecule has 1 unspecified atom stereocenters. The van der Waals surface area contributed by atoms with Crippen LogP contribution in [0, 0.1) is 10.1 Å². The van der Waals surface area contributed by atoms with Gasteiger partial charge < -0.3 is 20.8 Å². The van der Waals surface area contributed by atoms with Gasteiger partial charge in [-0.25, -0.2) is 0 Å². The quantitative estimate of drug-likeness (QED) is 0.321. The van der Waals surface area contributed by atoms with Gasteiger partial charge in [0.25, 0.3) is 5.69 Å². The molecule has 0 bridgehead atoms. The molecule has 1 aromatic rings. The number of nitro groups is 1. The van der Waals surface area contributed by atoms with E-state index in [9.17, 15) is 10.1 Å². The van der Waals surface area contributed by atoms with Gasteiger partial charge in [-0.2, -0.15) is 0 Å². The van der Waals surface area contributed by atoms with E-state index in [4.69, 9.17) is 10.2 Å². The van der Waals surface area contributed by atoms with Gasteiger partial charge in [0.15, 0.2) is 0 Å². The summed E-state index contributed by atoms with van der Waals surface area (Å²) in [5.74, 6) is 0. The number of hydrogen-bond donors (Lipinski definition) is 4. The van der Waals surface area contributed by atoms with Gasteiger partial charge in [-0.1, -0.05) is 0 Å². The molecule has 1 atom stereocenters. The summed E-state index contributed by atoms with van der Waals surface area (Å²) in [6, 6.07) is 4.57. The largest absolute Gasteiger partial charge is 0.396 e. The molecule has 0 aliphatic rings. The van der Waals surface area contributed by atoms with Gasteiger partial charge in [-0.05, 0) is 25.5 Å². The van der Waals surface area contributed by atoms with E-state index in [1.165, 1.54) is 6.07 Å². The van der Waals surface area contributed by atoms with Crippen LogP contribution in [0.15, 0.2) is 18.2 Å². The summed E-state index contributed by atoms with van der Waals surface area (Å²) in [5.41, 5.74) is 0.967. The standard InChI is InChI=1S/C12H19N3O4/c1-9(8-17)14-10-3-4-11(13-5-2-6-16)12(7-10)15(18)19/h3-4,7,9,13-14,16-17H,2,5-6,8H2,1H3. The highest BCUT2D eigenvalue weighted by atomic mass is 16.6. The first-order valence-corrected chi connectivity index (χ1v) is 6.09. The predicted molar refractivity (Wildman–Crippen MR) is 73.5 cm³/mol. The minimum absolute atomic E-state index is 0.0342. The molecule has 7 heteroatoms. The van der Waals surface area contributed by atoms with Crippen LogP contribution in [0.25, 0.3) is 0 Å². The normalized spacial score (nSPS) is 11.9. The Morgan fingerprint density at radius 2 is 2.16 bits per heavy atom. The second-order valence-corrected chi connectivity index (χ2v) is 4.22. The fourth-order valence-corrected chi connectivity index (χ4v) is 1.55. The number of benzene rings is 1. The Balaban J connectivity index is 2.85. The van der Waals surface area contributed by atoms with Crippen LogP contribution in [0.2, 0.25) is 0 Å². The van der Waals surface area contributed by atoms with Crippen LogP contribution in [-0.2, 0) is 0 Å². The summed E-state index contributed by atoms with van der Waals surface area (Å²) in [6.45, 7) is 2.23. The number of nitro benzene ring substituents is 1. The smallest absolute Gasteiger partial charge is 0.294 e. The molecule has 7 nitrogen and oxygen atoms in total. The number of nitrogens with zero attached hydrogens (tertiary/aromatic N) is 1. The molecule has 106 valence electrons. The molecule has 0 aromatic heterocycles. The minimum atomic E-state index is -0.462. The number of nitrogens with one attached hydrogen (secondary N) is 2. The number of anilines is 2. The van der Waals surface area contributed by atoms with Crippen molar-refractivity contribution in [3.05, 3.63) is 28.3 Å². The maximum absolute atomic E-state index is 11.0. The van der Waals surface area contributed by atoms with Gasteiger partial charge in [0, 0.05) is 30.9 Å². The Morgan fingerprint density at radius 3 is 2.74 bits per heavy atom. The monoisotopic (exact) mass is 269 g/mol. The van der Waals surface area contributed by atoms with E-state index in [1.54, 1.807) is 19.1 Å². The zero-order valence-corrected chi connectivity index (χ0v) is 10.8. The number of aliphatic hydroxyl groups excluding tert-OH is 2. The fourth-order valence-electron chi connectivity index (χ4n) is 1.55. The van der Waals surface area contributed by atoms with Gasteiger partial charge in [-0.3, -0.25) is 10.1 Å². The van der Waals surface area contributed by atoms with Gasteiger partial charge >= 0.3 is 0 Å². The average Bonchev–Trinajstić information content (AvgIpc) is 2.40. The summed E-state index contributed by atoms with van der Waals surface area (Å²) < 4.78 is 0. The van der Waals surface area contributed by atoms with Crippen molar-refractivity contribution in [1.29, 1.82) is 0 Å². The Bertz CT molecular complexity index is 425. The number of aliphatic hydroxyl groups is 2. The molecule has 19 heavy (non-hydrogen) atoms. The lowest BCUT2D eigenvalue weighted by Crippen LogP contribution is -2.19. The van der Waals surface area contributed by atoms with Crippen molar-refractivity contribution in [2.45, 2.75) is 19.4 Å². The minimum Gasteiger partial charge on any atom is -0.396 e. The Labute approximate surface area is 111 Å². The topological polar surface area (TPSA) is 108 Å². The van der Waals surface area contributed by atoms with Crippen LogP contribution >= 0.6 is 0 Å². The molecule has 0 aliphatic carbocycles. The molecular formula is C12H19N3O4. The van der Waals surface area contributed by atoms with Gasteiger partial charge in [-0.15, -0.1) is 0 Å². The maximum Gasteiger partial charge on any atom is 0.294 e. The zero-order valence-electron chi connectivity index (χ0n) is 10.8. The third-order valence-corrected chi connectivity index (χ3v) is 2.53. The molecule has 0 radical (unpaired) electrons. The van der Waals surface area contributed by atoms with Crippen molar-refractivity contribution in [2.24, 2.45) is 0 Å². The summed E-state index contributed by atoms with van der Waals surface area (Å²) in [4.78, 5) is 10.5. The molecule has 0 fully saturated rings. The number of rotatable bonds is 8. The van der Waals surface area contributed by atoms with Crippen LogP contribution in [0.4, 0.5) is 17.1 Å². The molecule has 0 aliphatic heterocycles. The fraction of sp³-hybridized carbons (Fsp3) is 0.500. The van der Waals surface area contributed by atoms with Gasteiger partial charge in [0.1, 0.15) is 5.69 Å². The van der Waals surface area contributed by atoms with Crippen LogP contribution < -0.4 is 10.6 Å². The Kier molecular flexibility index (Phi) is 6.04. The first-order valence-electron chi connectivity index (χ1n) is 6.09. The first kappa shape index (κ1) is 15.2. The predicted octanol–water partition coefficient (Wildman–Crippen LogP) is 1.18. The van der Waals surface area contributed by atoms with E-state index in [1.807, 2.05) is 0 Å². The Morgan fingerprint density at radius 1 is 1.42 bits per heavy atom. The third kappa shape index (κ3) is 4.72. The molecule has 0 saturated heterocycles. The lowest BCUT2D eigenvalue weighted by molar-refractivity contribution is -0.383. The lowest BCUT2D eigenvalue weighted by atomic mass is 10.2. The summed E-state index contributed by atoms with van der Waals surface area (Å²) in [5, 5.41) is 34.5. The van der Waals surface area contributed by atoms with Crippen molar-refractivity contribution in [3.8, 4) is 0 Å². The molecule has 0 amide bonds. The SMILES string of the molecule is CC(CO)Nc1ccc(NCCCO)c([N+](=O)[O-])c1. The van der Waals surface area contributed by atoms with E-state index in [0.717, 1.165) is 0 Å². The molecule has 1 aromatic carbocycles. The number of hydrogen-bond acceptors (Lipinski definition) is 6. The van der Waals surface area contributed by atoms with Crippen LogP contribution in [0.3, 0.4) is 0 Å². The van der Waals surface area contributed by atoms with Crippen LogP contribution in [0.1, 0.15) is 13.3 Å². The molecule has 0 saturated carbocycles. The molecule has 1 rings (SSSR count). The molecule has 4 N–H and O–H groups in total. The van der Waals surface area contributed by atoms with E-state index >= 15 is 0 Å². The van der Waals surface area contributed by atoms with Crippen molar-refractivity contribution in [1.82, 2.24) is 0 Å². The van der Waals surface area contributed by atoms with Crippen molar-refractivity contribution < 1.29 is 15.1 Å². The summed E-state index contributed by atoms with van der Waals surface area (Å²) in [7, 11) is 0. The van der Waals surface area contributed by atoms with Crippen molar-refractivity contribution in [3.63, 3.8) is 0 Å². The highest BCUT2D eigenvalue weighted by Gasteiger charge is 2.14. The highest BCUT2D eigenvalue weighted by Crippen LogP contribution is 2.28. The lowest BCUT2D eigenvalue weighted by Gasteiger charge is -2.13. The maximum atomic E-state index is 11.0. The van der Waals surface area contributed by atoms with Crippen molar-refractivity contribution in [2.75, 3.05) is 30.4 Å². The van der Waals surface area contributed by atoms with E-state index < -0.39 is 4.92 Å². The first-order chi connectivity index (χ1) is 9.08. The molecule has 0 heterocycles. The molecule has 0 spiro atoms. The van der Waals surface area contributed by atoms with Gasteiger partial charge in [0.05, 0.1) is 11.5 Å². The van der Waals surface area contributed by atoms with Crippen LogP contribution in [0.5, 0.6) is 0 Å². The van der Waals surface area contributed by atoms with E-state index in [2.05, 4.69) is 10.6 Å². The molecular weight excluding hydrogens is 250 g/mol. The summed E-state index contributed by atoms with van der Waals surface area (Å²) in [6.07, 6.45) is 0.526. The second-order valence-electron chi connectivity index (χ2n) is 4.22. The van der Waals surface area contributed by atoms with E-state index in [0.29, 0.717) is 24.3 Å². The van der Waals surface area contributed by atoms with E-state index in [-0.39, 0.29) is 24.9 Å². The summed E-state index contributed by atoms with van der Waals surface area (Å²) >= 11 is 0. The van der Waals surface area contributed by atoms with Crippen molar-refractivity contribution >= 4 is 17.1 Å².